The summed E-state index contributed by atoms with van der Waals surface area (Å²) in [4.78, 5) is 22.5. The molecule has 0 aromatic heterocycles. The Morgan fingerprint density at radius 3 is 2.68 bits per heavy atom. The van der Waals surface area contributed by atoms with Crippen molar-refractivity contribution in [3.8, 4) is 12.3 Å². The average Bonchev–Trinajstić information content (AvgIpc) is 2.43. The number of hydrogen-bond acceptors (Lipinski definition) is 4. The van der Waals surface area contributed by atoms with Crippen LogP contribution in [0.1, 0.15) is 12.5 Å². The number of amides is 1. The topological polar surface area (TPSA) is 64.6 Å². The third kappa shape index (κ3) is 6.13. The molecule has 0 saturated carbocycles. The zero-order valence-corrected chi connectivity index (χ0v) is 10.6. The fourth-order valence-corrected chi connectivity index (χ4v) is 1.19. The van der Waals surface area contributed by atoms with Gasteiger partial charge in [-0.15, -0.1) is 6.42 Å². The minimum Gasteiger partial charge on any atom is -0.448 e. The maximum atomic E-state index is 11.3. The van der Waals surface area contributed by atoms with E-state index in [0.29, 0.717) is 0 Å². The SMILES string of the molecule is C#CC(C)OC(=O)CNC(=O)OCc1ccccc1. The number of nitrogens with one attached hydrogen (secondary N) is 1. The van der Waals surface area contributed by atoms with Gasteiger partial charge >= 0.3 is 12.1 Å². The molecule has 19 heavy (non-hydrogen) atoms. The van der Waals surface area contributed by atoms with E-state index in [-0.39, 0.29) is 13.2 Å². The van der Waals surface area contributed by atoms with Crippen molar-refractivity contribution in [1.29, 1.82) is 0 Å². The Morgan fingerprint density at radius 1 is 1.37 bits per heavy atom. The Morgan fingerprint density at radius 2 is 2.05 bits per heavy atom. The van der Waals surface area contributed by atoms with Crippen molar-refractivity contribution >= 4 is 12.1 Å². The summed E-state index contributed by atoms with van der Waals surface area (Å²) in [7, 11) is 0. The number of ether oxygens (including phenoxy) is 2. The molecular formula is C14H15NO4. The molecule has 0 aliphatic carbocycles. The lowest BCUT2D eigenvalue weighted by molar-refractivity contribution is -0.144. The van der Waals surface area contributed by atoms with Gasteiger partial charge in [0.1, 0.15) is 13.2 Å². The van der Waals surface area contributed by atoms with E-state index in [4.69, 9.17) is 15.9 Å². The van der Waals surface area contributed by atoms with Crippen LogP contribution in [-0.2, 0) is 20.9 Å². The van der Waals surface area contributed by atoms with Crippen LogP contribution in [0, 0.1) is 12.3 Å². The molecule has 1 aromatic carbocycles. The van der Waals surface area contributed by atoms with Crippen LogP contribution in [0.2, 0.25) is 0 Å². The summed E-state index contributed by atoms with van der Waals surface area (Å²) in [5.74, 6) is 1.63. The largest absolute Gasteiger partial charge is 0.448 e. The molecule has 0 radical (unpaired) electrons. The van der Waals surface area contributed by atoms with E-state index in [1.54, 1.807) is 6.92 Å². The first-order valence-corrected chi connectivity index (χ1v) is 5.72. The van der Waals surface area contributed by atoms with Crippen molar-refractivity contribution in [2.45, 2.75) is 19.6 Å². The number of carbonyl (C=O) groups excluding carboxylic acids is 2. The van der Waals surface area contributed by atoms with E-state index in [1.165, 1.54) is 0 Å². The molecule has 0 bridgehead atoms. The van der Waals surface area contributed by atoms with Gasteiger partial charge in [-0.2, -0.15) is 0 Å². The summed E-state index contributed by atoms with van der Waals surface area (Å²) < 4.78 is 9.68. The van der Waals surface area contributed by atoms with Crippen LogP contribution in [-0.4, -0.2) is 24.7 Å². The Labute approximate surface area is 111 Å². The third-order valence-electron chi connectivity index (χ3n) is 2.13. The standard InChI is InChI=1S/C14H15NO4/c1-3-11(2)19-13(16)9-15-14(17)18-10-12-7-5-4-6-8-12/h1,4-8,11H,9-10H2,2H3,(H,15,17). The molecule has 1 aromatic rings. The lowest BCUT2D eigenvalue weighted by Crippen LogP contribution is -2.32. The van der Waals surface area contributed by atoms with Gasteiger partial charge in [-0.25, -0.2) is 4.79 Å². The Bertz CT molecular complexity index is 464. The fraction of sp³-hybridized carbons (Fsp3) is 0.286. The first kappa shape index (κ1) is 14.6. The van der Waals surface area contributed by atoms with Crippen LogP contribution in [0.4, 0.5) is 4.79 Å². The summed E-state index contributed by atoms with van der Waals surface area (Å²) in [6.45, 7) is 1.42. The van der Waals surface area contributed by atoms with Crippen molar-refractivity contribution in [2.24, 2.45) is 0 Å². The predicted molar refractivity (Wildman–Crippen MR) is 69.0 cm³/mol. The quantitative estimate of drug-likeness (QED) is 0.644. The van der Waals surface area contributed by atoms with Gasteiger partial charge in [0.15, 0.2) is 6.10 Å². The van der Waals surface area contributed by atoms with Crippen LogP contribution in [0.25, 0.3) is 0 Å². The second-order valence-electron chi connectivity index (χ2n) is 3.71. The van der Waals surface area contributed by atoms with Crippen molar-refractivity contribution in [3.63, 3.8) is 0 Å². The second kappa shape index (κ2) is 7.77. The zero-order chi connectivity index (χ0) is 14.1. The van der Waals surface area contributed by atoms with Gasteiger partial charge in [0, 0.05) is 0 Å². The number of benzene rings is 1. The van der Waals surface area contributed by atoms with Crippen molar-refractivity contribution in [2.75, 3.05) is 6.54 Å². The molecule has 1 amide bonds. The second-order valence-corrected chi connectivity index (χ2v) is 3.71. The summed E-state index contributed by atoms with van der Waals surface area (Å²) in [6, 6.07) is 9.21. The Hall–Kier alpha value is -2.48. The maximum absolute atomic E-state index is 11.3. The number of carbonyl (C=O) groups is 2. The number of esters is 1. The van der Waals surface area contributed by atoms with Gasteiger partial charge in [-0.1, -0.05) is 36.3 Å². The Kier molecular flexibility index (Phi) is 5.96. The first-order chi connectivity index (χ1) is 9.11. The fourth-order valence-electron chi connectivity index (χ4n) is 1.19. The normalized spacial score (nSPS) is 10.9. The third-order valence-corrected chi connectivity index (χ3v) is 2.13. The van der Waals surface area contributed by atoms with Crippen molar-refractivity contribution in [1.82, 2.24) is 5.32 Å². The van der Waals surface area contributed by atoms with Gasteiger partial charge in [-0.05, 0) is 12.5 Å². The molecule has 0 saturated heterocycles. The molecule has 0 aliphatic heterocycles. The Balaban J connectivity index is 2.22. The summed E-state index contributed by atoms with van der Waals surface area (Å²) >= 11 is 0. The summed E-state index contributed by atoms with van der Waals surface area (Å²) in [5.41, 5.74) is 0.862. The van der Waals surface area contributed by atoms with Crippen molar-refractivity contribution in [3.05, 3.63) is 35.9 Å². The lowest BCUT2D eigenvalue weighted by atomic mass is 10.2. The first-order valence-electron chi connectivity index (χ1n) is 5.72. The molecule has 5 nitrogen and oxygen atoms in total. The minimum absolute atomic E-state index is 0.141. The van der Waals surface area contributed by atoms with Crippen LogP contribution < -0.4 is 5.32 Å². The highest BCUT2D eigenvalue weighted by atomic mass is 16.6. The monoisotopic (exact) mass is 261 g/mol. The molecule has 0 fully saturated rings. The molecule has 1 rings (SSSR count). The van der Waals surface area contributed by atoms with E-state index in [1.807, 2.05) is 30.3 Å². The van der Waals surface area contributed by atoms with Gasteiger partial charge < -0.3 is 14.8 Å². The van der Waals surface area contributed by atoms with Gasteiger partial charge in [0.05, 0.1) is 0 Å². The van der Waals surface area contributed by atoms with Gasteiger partial charge in [-0.3, -0.25) is 4.79 Å². The average molecular weight is 261 g/mol. The smallest absolute Gasteiger partial charge is 0.407 e. The van der Waals surface area contributed by atoms with Gasteiger partial charge in [0.2, 0.25) is 0 Å². The summed E-state index contributed by atoms with van der Waals surface area (Å²) in [5, 5.41) is 2.28. The number of hydrogen-bond donors (Lipinski definition) is 1. The molecule has 1 unspecified atom stereocenters. The zero-order valence-electron chi connectivity index (χ0n) is 10.6. The molecule has 0 spiro atoms. The molecule has 0 heterocycles. The van der Waals surface area contributed by atoms with E-state index in [9.17, 15) is 9.59 Å². The molecule has 100 valence electrons. The van der Waals surface area contributed by atoms with E-state index in [2.05, 4.69) is 11.2 Å². The molecule has 0 aliphatic rings. The highest BCUT2D eigenvalue weighted by Gasteiger charge is 2.09. The van der Waals surface area contributed by atoms with Crippen LogP contribution >= 0.6 is 0 Å². The molecule has 1 atom stereocenters. The number of terminal acetylenes is 1. The number of alkyl carbamates (subject to hydrolysis) is 1. The van der Waals surface area contributed by atoms with Gasteiger partial charge in [0.25, 0.3) is 0 Å². The highest BCUT2D eigenvalue weighted by Crippen LogP contribution is 2.00. The lowest BCUT2D eigenvalue weighted by Gasteiger charge is -2.09. The van der Waals surface area contributed by atoms with Crippen molar-refractivity contribution < 1.29 is 19.1 Å². The molecule has 1 N–H and O–H groups in total. The van der Waals surface area contributed by atoms with E-state index >= 15 is 0 Å². The minimum atomic E-state index is -0.686. The number of rotatable bonds is 5. The molecular weight excluding hydrogens is 246 g/mol. The van der Waals surface area contributed by atoms with Crippen LogP contribution in [0.5, 0.6) is 0 Å². The summed E-state index contributed by atoms with van der Waals surface area (Å²) in [6.07, 6.45) is 3.75. The predicted octanol–water partition coefficient (Wildman–Crippen LogP) is 1.48. The van der Waals surface area contributed by atoms with E-state index in [0.717, 1.165) is 5.56 Å². The van der Waals surface area contributed by atoms with Crippen LogP contribution in [0.15, 0.2) is 30.3 Å². The molecule has 5 heteroatoms. The highest BCUT2D eigenvalue weighted by molar-refractivity contribution is 5.78. The van der Waals surface area contributed by atoms with E-state index < -0.39 is 18.2 Å². The van der Waals surface area contributed by atoms with Crippen LogP contribution in [0.3, 0.4) is 0 Å². The maximum Gasteiger partial charge on any atom is 0.407 e.